The van der Waals surface area contributed by atoms with Crippen molar-refractivity contribution in [3.05, 3.63) is 64.2 Å². The van der Waals surface area contributed by atoms with E-state index >= 15 is 0 Å². The average molecular weight is 422 g/mol. The normalized spacial score (nSPS) is 13.1. The molecular weight excluding hydrogens is 396 g/mol. The van der Waals surface area contributed by atoms with E-state index in [0.717, 1.165) is 11.1 Å². The van der Waals surface area contributed by atoms with E-state index in [1.54, 1.807) is 12.1 Å². The summed E-state index contributed by atoms with van der Waals surface area (Å²) in [5, 5.41) is 2.43. The number of hydrogen-bond donors (Lipinski definition) is 1. The minimum Gasteiger partial charge on any atom is -0.468 e. The van der Waals surface area contributed by atoms with Crippen molar-refractivity contribution in [1.29, 1.82) is 0 Å². The zero-order valence-electron chi connectivity index (χ0n) is 18.3. The molecule has 0 unspecified atom stereocenters. The summed E-state index contributed by atoms with van der Waals surface area (Å²) in [7, 11) is 1.22. The summed E-state index contributed by atoms with van der Waals surface area (Å²) in [4.78, 5) is 52.1. The SMILES string of the molecule is COC(=O)CNC(=O)c1cccc2c1C(=O)N(c1c(C(C)C)cccc1C(C)C)C2=O. The van der Waals surface area contributed by atoms with Crippen LogP contribution in [0.2, 0.25) is 0 Å². The third-order valence-corrected chi connectivity index (χ3v) is 5.35. The van der Waals surface area contributed by atoms with Crippen molar-refractivity contribution in [3.8, 4) is 0 Å². The maximum Gasteiger partial charge on any atom is 0.325 e. The van der Waals surface area contributed by atoms with Gasteiger partial charge in [-0.15, -0.1) is 0 Å². The fourth-order valence-corrected chi connectivity index (χ4v) is 3.77. The van der Waals surface area contributed by atoms with Crippen LogP contribution in [0, 0.1) is 0 Å². The number of benzene rings is 2. The van der Waals surface area contributed by atoms with E-state index in [1.807, 2.05) is 45.9 Å². The first kappa shape index (κ1) is 22.2. The second-order valence-electron chi connectivity index (χ2n) is 8.03. The number of amides is 3. The molecule has 0 aromatic heterocycles. The number of methoxy groups -OCH3 is 1. The van der Waals surface area contributed by atoms with Crippen molar-refractivity contribution in [2.24, 2.45) is 0 Å². The smallest absolute Gasteiger partial charge is 0.325 e. The molecule has 1 aliphatic heterocycles. The van der Waals surface area contributed by atoms with Gasteiger partial charge in [-0.05, 0) is 35.1 Å². The van der Waals surface area contributed by atoms with Crippen molar-refractivity contribution < 1.29 is 23.9 Å². The van der Waals surface area contributed by atoms with E-state index in [0.29, 0.717) is 5.69 Å². The molecule has 1 heterocycles. The van der Waals surface area contributed by atoms with Gasteiger partial charge in [0.25, 0.3) is 17.7 Å². The van der Waals surface area contributed by atoms with E-state index in [2.05, 4.69) is 10.1 Å². The number of hydrogen-bond acceptors (Lipinski definition) is 5. The van der Waals surface area contributed by atoms with Crippen molar-refractivity contribution in [2.75, 3.05) is 18.6 Å². The standard InChI is InChI=1S/C24H26N2O5/c1-13(2)15-8-6-9-16(14(3)4)21(15)26-23(29)18-11-7-10-17(20(18)24(26)30)22(28)25-12-19(27)31-5/h6-11,13-14H,12H2,1-5H3,(H,25,28). The summed E-state index contributed by atoms with van der Waals surface area (Å²) in [6.07, 6.45) is 0. The van der Waals surface area contributed by atoms with Gasteiger partial charge in [-0.1, -0.05) is 52.0 Å². The number of fused-ring (bicyclic) bond motifs is 1. The third kappa shape index (κ3) is 3.95. The topological polar surface area (TPSA) is 92.8 Å². The predicted octanol–water partition coefficient (Wildman–Crippen LogP) is 3.64. The molecule has 0 fully saturated rings. The lowest BCUT2D eigenvalue weighted by Crippen LogP contribution is -2.33. The lowest BCUT2D eigenvalue weighted by Gasteiger charge is -2.25. The van der Waals surface area contributed by atoms with Crippen LogP contribution in [0.3, 0.4) is 0 Å². The molecule has 0 radical (unpaired) electrons. The number of para-hydroxylation sites is 1. The first-order valence-electron chi connectivity index (χ1n) is 10.2. The summed E-state index contributed by atoms with van der Waals surface area (Å²) in [5.74, 6) is -2.07. The van der Waals surface area contributed by atoms with Gasteiger partial charge in [-0.2, -0.15) is 0 Å². The van der Waals surface area contributed by atoms with Crippen LogP contribution in [0.1, 0.15) is 81.7 Å². The molecular formula is C24H26N2O5. The van der Waals surface area contributed by atoms with Gasteiger partial charge in [-0.25, -0.2) is 4.90 Å². The fourth-order valence-electron chi connectivity index (χ4n) is 3.77. The van der Waals surface area contributed by atoms with Crippen molar-refractivity contribution >= 4 is 29.4 Å². The Bertz CT molecular complexity index is 1050. The Morgan fingerprint density at radius 1 is 0.935 bits per heavy atom. The predicted molar refractivity (Wildman–Crippen MR) is 117 cm³/mol. The molecule has 0 bridgehead atoms. The number of rotatable bonds is 6. The Hall–Kier alpha value is -3.48. The van der Waals surface area contributed by atoms with E-state index in [9.17, 15) is 19.2 Å². The number of esters is 1. The van der Waals surface area contributed by atoms with Crippen LogP contribution in [-0.4, -0.2) is 37.3 Å². The minimum absolute atomic E-state index is 0.0446. The number of ether oxygens (including phenoxy) is 1. The number of imide groups is 1. The van der Waals surface area contributed by atoms with E-state index in [1.165, 1.54) is 18.1 Å². The number of anilines is 1. The second kappa shape index (κ2) is 8.71. The van der Waals surface area contributed by atoms with Gasteiger partial charge in [0.1, 0.15) is 6.54 Å². The van der Waals surface area contributed by atoms with Gasteiger partial charge in [0.05, 0.1) is 29.5 Å². The first-order valence-corrected chi connectivity index (χ1v) is 10.2. The molecule has 7 nitrogen and oxygen atoms in total. The summed E-state index contributed by atoms with van der Waals surface area (Å²) in [5.41, 5.74) is 2.62. The van der Waals surface area contributed by atoms with Crippen LogP contribution >= 0.6 is 0 Å². The Labute approximate surface area is 181 Å². The highest BCUT2D eigenvalue weighted by molar-refractivity contribution is 6.36. The van der Waals surface area contributed by atoms with Crippen LogP contribution in [0.25, 0.3) is 0 Å². The third-order valence-electron chi connectivity index (χ3n) is 5.35. The van der Waals surface area contributed by atoms with Crippen molar-refractivity contribution in [3.63, 3.8) is 0 Å². The molecule has 2 aromatic carbocycles. The maximum absolute atomic E-state index is 13.5. The Balaban J connectivity index is 2.11. The van der Waals surface area contributed by atoms with E-state index in [4.69, 9.17) is 0 Å². The highest BCUT2D eigenvalue weighted by Crippen LogP contribution is 2.40. The van der Waals surface area contributed by atoms with Crippen LogP contribution in [0.4, 0.5) is 5.69 Å². The fraction of sp³-hybridized carbons (Fsp3) is 0.333. The van der Waals surface area contributed by atoms with Gasteiger partial charge < -0.3 is 10.1 Å². The quantitative estimate of drug-likeness (QED) is 0.567. The van der Waals surface area contributed by atoms with Gasteiger partial charge >= 0.3 is 5.97 Å². The molecule has 0 aliphatic carbocycles. The summed E-state index contributed by atoms with van der Waals surface area (Å²) >= 11 is 0. The largest absolute Gasteiger partial charge is 0.468 e. The zero-order chi connectivity index (χ0) is 22.9. The maximum atomic E-state index is 13.5. The van der Waals surface area contributed by atoms with Crippen LogP contribution in [-0.2, 0) is 9.53 Å². The van der Waals surface area contributed by atoms with Crippen molar-refractivity contribution in [1.82, 2.24) is 5.32 Å². The number of nitrogens with one attached hydrogen (secondary N) is 1. The molecule has 0 atom stereocenters. The second-order valence-corrected chi connectivity index (χ2v) is 8.03. The molecule has 1 aliphatic rings. The Morgan fingerprint density at radius 3 is 2.06 bits per heavy atom. The molecule has 0 spiro atoms. The van der Waals surface area contributed by atoms with Crippen LogP contribution < -0.4 is 10.2 Å². The van der Waals surface area contributed by atoms with Crippen molar-refractivity contribution in [2.45, 2.75) is 39.5 Å². The highest BCUT2D eigenvalue weighted by Gasteiger charge is 2.41. The first-order chi connectivity index (χ1) is 14.7. The molecule has 2 aromatic rings. The number of carbonyl (C=O) groups excluding carboxylic acids is 4. The zero-order valence-corrected chi connectivity index (χ0v) is 18.3. The van der Waals surface area contributed by atoms with Crippen LogP contribution in [0.15, 0.2) is 36.4 Å². The van der Waals surface area contributed by atoms with Gasteiger partial charge in [0.2, 0.25) is 0 Å². The average Bonchev–Trinajstić information content (AvgIpc) is 3.01. The summed E-state index contributed by atoms with van der Waals surface area (Å²) in [6, 6.07) is 10.3. The molecule has 0 saturated carbocycles. The Morgan fingerprint density at radius 2 is 1.52 bits per heavy atom. The van der Waals surface area contributed by atoms with Crippen LogP contribution in [0.5, 0.6) is 0 Å². The minimum atomic E-state index is -0.619. The molecule has 31 heavy (non-hydrogen) atoms. The summed E-state index contributed by atoms with van der Waals surface area (Å²) < 4.78 is 4.53. The molecule has 0 saturated heterocycles. The highest BCUT2D eigenvalue weighted by atomic mass is 16.5. The molecule has 162 valence electrons. The Kier molecular flexibility index (Phi) is 6.24. The van der Waals surface area contributed by atoms with Gasteiger partial charge in [-0.3, -0.25) is 19.2 Å². The molecule has 1 N–H and O–H groups in total. The molecule has 3 rings (SSSR count). The monoisotopic (exact) mass is 422 g/mol. The lowest BCUT2D eigenvalue weighted by atomic mass is 9.92. The molecule has 7 heteroatoms. The van der Waals surface area contributed by atoms with E-state index < -0.39 is 23.7 Å². The van der Waals surface area contributed by atoms with E-state index in [-0.39, 0.29) is 35.1 Å². The summed E-state index contributed by atoms with van der Waals surface area (Å²) in [6.45, 7) is 7.69. The number of nitrogens with zero attached hydrogens (tertiary/aromatic N) is 1. The lowest BCUT2D eigenvalue weighted by molar-refractivity contribution is -0.139. The molecule has 3 amide bonds. The van der Waals surface area contributed by atoms with Gasteiger partial charge in [0, 0.05) is 0 Å². The van der Waals surface area contributed by atoms with Gasteiger partial charge in [0.15, 0.2) is 0 Å². The number of carbonyl (C=O) groups is 4.